The molecule has 1 unspecified atom stereocenters. The van der Waals surface area contributed by atoms with E-state index in [4.69, 9.17) is 0 Å². The van der Waals surface area contributed by atoms with Crippen LogP contribution in [0.4, 0.5) is 0 Å². The number of hydrogen-bond donors (Lipinski definition) is 2. The molecule has 0 amide bonds. The van der Waals surface area contributed by atoms with E-state index >= 15 is 0 Å². The van der Waals surface area contributed by atoms with Crippen LogP contribution < -0.4 is 5.32 Å². The molecule has 1 aliphatic heterocycles. The molecule has 2 heteroatoms. The van der Waals surface area contributed by atoms with Crippen molar-refractivity contribution in [2.75, 3.05) is 6.54 Å². The van der Waals surface area contributed by atoms with E-state index in [0.717, 1.165) is 19.4 Å². The minimum Gasteiger partial charge on any atom is -0.508 e. The van der Waals surface area contributed by atoms with Gasteiger partial charge in [-0.2, -0.15) is 0 Å². The molecule has 1 fully saturated rings. The molecule has 16 heavy (non-hydrogen) atoms. The molecule has 0 saturated carbocycles. The molecule has 0 aromatic heterocycles. The Morgan fingerprint density at radius 1 is 1.06 bits per heavy atom. The molecule has 3 rings (SSSR count). The van der Waals surface area contributed by atoms with Crippen LogP contribution >= 0.6 is 0 Å². The lowest BCUT2D eigenvalue weighted by Gasteiger charge is -2.23. The van der Waals surface area contributed by atoms with Gasteiger partial charge in [0.05, 0.1) is 0 Å². The third-order valence-electron chi connectivity index (χ3n) is 3.98. The van der Waals surface area contributed by atoms with E-state index in [2.05, 4.69) is 11.4 Å². The molecule has 1 atom stereocenters. The van der Waals surface area contributed by atoms with E-state index in [1.54, 1.807) is 0 Å². The Hall–Kier alpha value is -1.02. The van der Waals surface area contributed by atoms with Crippen molar-refractivity contribution >= 4 is 0 Å². The maximum Gasteiger partial charge on any atom is 0.119 e. The molecule has 86 valence electrons. The van der Waals surface area contributed by atoms with Crippen LogP contribution in [0.5, 0.6) is 5.75 Å². The monoisotopic (exact) mass is 217 g/mol. The fourth-order valence-corrected chi connectivity index (χ4v) is 3.15. The smallest absolute Gasteiger partial charge is 0.119 e. The molecule has 1 aromatic carbocycles. The van der Waals surface area contributed by atoms with Crippen molar-refractivity contribution < 1.29 is 5.11 Å². The van der Waals surface area contributed by atoms with E-state index < -0.39 is 0 Å². The zero-order valence-corrected chi connectivity index (χ0v) is 9.63. The van der Waals surface area contributed by atoms with Gasteiger partial charge in [-0.25, -0.2) is 0 Å². The van der Waals surface area contributed by atoms with E-state index in [1.807, 2.05) is 6.07 Å². The third kappa shape index (κ3) is 1.61. The van der Waals surface area contributed by atoms with Crippen molar-refractivity contribution in [3.8, 4) is 5.75 Å². The largest absolute Gasteiger partial charge is 0.508 e. The highest BCUT2D eigenvalue weighted by Crippen LogP contribution is 2.36. The minimum absolute atomic E-state index is 0.511. The summed E-state index contributed by atoms with van der Waals surface area (Å²) in [5.41, 5.74) is 4.10. The number of aromatic hydroxyl groups is 1. The van der Waals surface area contributed by atoms with Gasteiger partial charge in [0.25, 0.3) is 0 Å². The van der Waals surface area contributed by atoms with E-state index in [1.165, 1.54) is 42.4 Å². The average Bonchev–Trinajstić information content (AvgIpc) is 2.83. The lowest BCUT2D eigenvalue weighted by molar-refractivity contribution is 0.460. The zero-order chi connectivity index (χ0) is 11.0. The summed E-state index contributed by atoms with van der Waals surface area (Å²) >= 11 is 0. The number of rotatable bonds is 1. The van der Waals surface area contributed by atoms with Crippen molar-refractivity contribution in [2.24, 2.45) is 0 Å². The highest BCUT2D eigenvalue weighted by molar-refractivity contribution is 5.47. The Morgan fingerprint density at radius 3 is 2.62 bits per heavy atom. The average molecular weight is 217 g/mol. The number of fused-ring (bicyclic) bond motifs is 1. The van der Waals surface area contributed by atoms with Crippen LogP contribution in [0.2, 0.25) is 0 Å². The number of benzene rings is 1. The Labute approximate surface area is 96.7 Å². The maximum atomic E-state index is 9.90. The van der Waals surface area contributed by atoms with Gasteiger partial charge in [-0.05, 0) is 67.8 Å². The summed E-state index contributed by atoms with van der Waals surface area (Å²) in [6, 6.07) is 4.55. The third-order valence-corrected chi connectivity index (χ3v) is 3.98. The van der Waals surface area contributed by atoms with Crippen LogP contribution in [-0.4, -0.2) is 11.7 Å². The molecule has 1 aliphatic carbocycles. The quantitative estimate of drug-likeness (QED) is 0.758. The highest BCUT2D eigenvalue weighted by Gasteiger charge is 2.23. The molecule has 0 radical (unpaired) electrons. The first-order valence-corrected chi connectivity index (χ1v) is 6.43. The number of hydrogen-bond acceptors (Lipinski definition) is 2. The summed E-state index contributed by atoms with van der Waals surface area (Å²) in [5.74, 6) is 0.511. The standard InChI is InChI=1S/C14H19NO/c16-14-8-7-11(13-6-3-9-15-13)10-4-1-2-5-12(10)14/h7-8,13,15-16H,1-6,9H2. The molecule has 2 nitrogen and oxygen atoms in total. The first kappa shape index (κ1) is 10.2. The normalized spacial score (nSPS) is 24.4. The molecular weight excluding hydrogens is 198 g/mol. The van der Waals surface area contributed by atoms with E-state index in [0.29, 0.717) is 11.8 Å². The predicted octanol–water partition coefficient (Wildman–Crippen LogP) is 2.70. The summed E-state index contributed by atoms with van der Waals surface area (Å²) in [6.07, 6.45) is 7.23. The van der Waals surface area contributed by atoms with Crippen molar-refractivity contribution in [2.45, 2.75) is 44.6 Å². The van der Waals surface area contributed by atoms with Crippen LogP contribution in [0.15, 0.2) is 12.1 Å². The number of phenols is 1. The first-order chi connectivity index (χ1) is 7.86. The molecule has 1 heterocycles. The van der Waals surface area contributed by atoms with Crippen LogP contribution in [0, 0.1) is 0 Å². The molecule has 0 spiro atoms. The SMILES string of the molecule is Oc1ccc(C2CCCN2)c2c1CCCC2. The van der Waals surface area contributed by atoms with Crippen LogP contribution in [0.3, 0.4) is 0 Å². The summed E-state index contributed by atoms with van der Waals surface area (Å²) in [7, 11) is 0. The van der Waals surface area contributed by atoms with Gasteiger partial charge in [0, 0.05) is 6.04 Å². The molecule has 1 aromatic rings. The highest BCUT2D eigenvalue weighted by atomic mass is 16.3. The fraction of sp³-hybridized carbons (Fsp3) is 0.571. The summed E-state index contributed by atoms with van der Waals surface area (Å²) in [5, 5.41) is 13.5. The lowest BCUT2D eigenvalue weighted by atomic mass is 9.85. The second kappa shape index (κ2) is 4.10. The van der Waals surface area contributed by atoms with Crippen LogP contribution in [0.1, 0.15) is 48.4 Å². The molecular formula is C14H19NO. The van der Waals surface area contributed by atoms with Crippen molar-refractivity contribution in [3.05, 3.63) is 28.8 Å². The van der Waals surface area contributed by atoms with E-state index in [-0.39, 0.29) is 0 Å². The predicted molar refractivity (Wildman–Crippen MR) is 64.7 cm³/mol. The van der Waals surface area contributed by atoms with Gasteiger partial charge >= 0.3 is 0 Å². The zero-order valence-electron chi connectivity index (χ0n) is 9.63. The Balaban J connectivity index is 2.04. The Kier molecular flexibility index (Phi) is 2.60. The van der Waals surface area contributed by atoms with Crippen molar-refractivity contribution in [3.63, 3.8) is 0 Å². The number of nitrogens with one attached hydrogen (secondary N) is 1. The second-order valence-corrected chi connectivity index (χ2v) is 4.99. The van der Waals surface area contributed by atoms with Gasteiger partial charge in [-0.3, -0.25) is 0 Å². The van der Waals surface area contributed by atoms with E-state index in [9.17, 15) is 5.11 Å². The lowest BCUT2D eigenvalue weighted by Crippen LogP contribution is -2.17. The van der Waals surface area contributed by atoms with Crippen molar-refractivity contribution in [1.82, 2.24) is 5.32 Å². The molecule has 0 bridgehead atoms. The van der Waals surface area contributed by atoms with Gasteiger partial charge in [0.2, 0.25) is 0 Å². The summed E-state index contributed by atoms with van der Waals surface area (Å²) < 4.78 is 0. The van der Waals surface area contributed by atoms with Gasteiger partial charge in [0.1, 0.15) is 5.75 Å². The number of phenolic OH excluding ortho intramolecular Hbond substituents is 1. The van der Waals surface area contributed by atoms with Crippen molar-refractivity contribution in [1.29, 1.82) is 0 Å². The molecule has 2 N–H and O–H groups in total. The summed E-state index contributed by atoms with van der Waals surface area (Å²) in [4.78, 5) is 0. The first-order valence-electron chi connectivity index (χ1n) is 6.43. The Morgan fingerprint density at radius 2 is 1.88 bits per heavy atom. The van der Waals surface area contributed by atoms with Gasteiger partial charge < -0.3 is 10.4 Å². The van der Waals surface area contributed by atoms with Gasteiger partial charge in [-0.1, -0.05) is 6.07 Å². The maximum absolute atomic E-state index is 9.90. The van der Waals surface area contributed by atoms with Gasteiger partial charge in [-0.15, -0.1) is 0 Å². The Bertz CT molecular complexity index is 394. The van der Waals surface area contributed by atoms with Crippen LogP contribution in [-0.2, 0) is 12.8 Å². The molecule has 2 aliphatic rings. The second-order valence-electron chi connectivity index (χ2n) is 4.99. The topological polar surface area (TPSA) is 32.3 Å². The fourth-order valence-electron chi connectivity index (χ4n) is 3.15. The van der Waals surface area contributed by atoms with Crippen LogP contribution in [0.25, 0.3) is 0 Å². The van der Waals surface area contributed by atoms with Gasteiger partial charge in [0.15, 0.2) is 0 Å². The minimum atomic E-state index is 0.511. The summed E-state index contributed by atoms with van der Waals surface area (Å²) in [6.45, 7) is 1.14. The molecule has 1 saturated heterocycles.